The second-order valence-electron chi connectivity index (χ2n) is 5.67. The van der Waals surface area contributed by atoms with E-state index in [2.05, 4.69) is 20.5 Å². The molecule has 0 unspecified atom stereocenters. The van der Waals surface area contributed by atoms with Crippen molar-refractivity contribution in [2.24, 2.45) is 0 Å². The lowest BCUT2D eigenvalue weighted by Crippen LogP contribution is -2.16. The number of nitrogens with one attached hydrogen (secondary N) is 2. The van der Waals surface area contributed by atoms with Crippen molar-refractivity contribution >= 4 is 11.6 Å². The van der Waals surface area contributed by atoms with Crippen LogP contribution in [0.25, 0.3) is 0 Å². The van der Waals surface area contributed by atoms with E-state index in [1.165, 1.54) is 12.1 Å². The summed E-state index contributed by atoms with van der Waals surface area (Å²) in [6.45, 7) is 7.68. The first-order valence-electron chi connectivity index (χ1n) is 6.28. The number of amides is 1. The molecule has 0 aliphatic rings. The Morgan fingerprint density at radius 1 is 1.35 bits per heavy atom. The highest BCUT2D eigenvalue weighted by atomic mass is 19.1. The molecule has 2 aromatic rings. The number of carbonyl (C=O) groups is 1. The molecule has 5 nitrogen and oxygen atoms in total. The van der Waals surface area contributed by atoms with Gasteiger partial charge in [0.2, 0.25) is 5.82 Å². The minimum atomic E-state index is -0.467. The van der Waals surface area contributed by atoms with Gasteiger partial charge in [-0.2, -0.15) is 0 Å². The van der Waals surface area contributed by atoms with Crippen LogP contribution in [0.4, 0.5) is 10.1 Å². The lowest BCUT2D eigenvalue weighted by molar-refractivity contribution is 0.101. The SMILES string of the molecule is Cc1ccc(F)cc1NC(=O)c1n[nH]c(C(C)(C)C)n1. The Hall–Kier alpha value is -2.24. The number of hydrogen-bond acceptors (Lipinski definition) is 3. The molecular formula is C14H17FN4O. The number of hydrogen-bond donors (Lipinski definition) is 2. The minimum Gasteiger partial charge on any atom is -0.319 e. The van der Waals surface area contributed by atoms with Crippen LogP contribution in [-0.4, -0.2) is 21.1 Å². The van der Waals surface area contributed by atoms with E-state index in [0.717, 1.165) is 5.56 Å². The standard InChI is InChI=1S/C14H17FN4O/c1-8-5-6-9(15)7-10(8)16-12(20)11-17-13(19-18-11)14(2,3)4/h5-7H,1-4H3,(H,16,20)(H,17,18,19). The molecule has 1 aromatic heterocycles. The van der Waals surface area contributed by atoms with Crippen molar-refractivity contribution in [1.29, 1.82) is 0 Å². The van der Waals surface area contributed by atoms with Gasteiger partial charge in [0, 0.05) is 11.1 Å². The maximum Gasteiger partial charge on any atom is 0.295 e. The second-order valence-corrected chi connectivity index (χ2v) is 5.67. The van der Waals surface area contributed by atoms with Crippen molar-refractivity contribution < 1.29 is 9.18 Å². The number of aromatic nitrogens is 3. The van der Waals surface area contributed by atoms with Crippen molar-refractivity contribution in [3.8, 4) is 0 Å². The molecule has 0 spiro atoms. The van der Waals surface area contributed by atoms with Gasteiger partial charge in [-0.25, -0.2) is 9.37 Å². The molecule has 0 saturated heterocycles. The van der Waals surface area contributed by atoms with Crippen LogP contribution in [0.15, 0.2) is 18.2 Å². The fourth-order valence-electron chi connectivity index (χ4n) is 1.61. The Morgan fingerprint density at radius 3 is 2.65 bits per heavy atom. The number of benzene rings is 1. The zero-order chi connectivity index (χ0) is 14.9. The van der Waals surface area contributed by atoms with Crippen molar-refractivity contribution in [2.75, 3.05) is 5.32 Å². The van der Waals surface area contributed by atoms with Crippen molar-refractivity contribution in [1.82, 2.24) is 15.2 Å². The van der Waals surface area contributed by atoms with Crippen molar-refractivity contribution in [3.63, 3.8) is 0 Å². The molecule has 0 aliphatic carbocycles. The largest absolute Gasteiger partial charge is 0.319 e. The highest BCUT2D eigenvalue weighted by molar-refractivity contribution is 6.01. The van der Waals surface area contributed by atoms with Gasteiger partial charge in [-0.1, -0.05) is 26.8 Å². The van der Waals surface area contributed by atoms with Crippen LogP contribution in [0.3, 0.4) is 0 Å². The topological polar surface area (TPSA) is 70.7 Å². The first-order chi connectivity index (χ1) is 9.27. The number of anilines is 1. The lowest BCUT2D eigenvalue weighted by Gasteiger charge is -2.12. The summed E-state index contributed by atoms with van der Waals surface area (Å²) < 4.78 is 13.2. The average molecular weight is 276 g/mol. The number of aryl methyl sites for hydroxylation is 1. The summed E-state index contributed by atoms with van der Waals surface area (Å²) in [6.07, 6.45) is 0. The average Bonchev–Trinajstić information content (AvgIpc) is 2.83. The fourth-order valence-corrected chi connectivity index (χ4v) is 1.61. The van der Waals surface area contributed by atoms with E-state index in [0.29, 0.717) is 11.5 Å². The Bertz CT molecular complexity index is 643. The number of aromatic amines is 1. The second kappa shape index (κ2) is 5.03. The first-order valence-corrected chi connectivity index (χ1v) is 6.28. The molecule has 0 bridgehead atoms. The Kier molecular flexibility index (Phi) is 3.57. The third kappa shape index (κ3) is 3.01. The fraction of sp³-hybridized carbons (Fsp3) is 0.357. The molecule has 1 heterocycles. The van der Waals surface area contributed by atoms with E-state index in [-0.39, 0.29) is 11.2 Å². The number of H-pyrrole nitrogens is 1. The summed E-state index contributed by atoms with van der Waals surface area (Å²) >= 11 is 0. The van der Waals surface area contributed by atoms with Crippen LogP contribution < -0.4 is 5.32 Å². The molecule has 106 valence electrons. The normalized spacial score (nSPS) is 11.4. The maximum absolute atomic E-state index is 13.2. The summed E-state index contributed by atoms with van der Waals surface area (Å²) in [5.41, 5.74) is 0.962. The number of nitrogens with zero attached hydrogens (tertiary/aromatic N) is 2. The predicted molar refractivity (Wildman–Crippen MR) is 74.2 cm³/mol. The summed E-state index contributed by atoms with van der Waals surface area (Å²) in [5.74, 6) is -0.209. The molecule has 0 saturated carbocycles. The molecule has 1 aromatic carbocycles. The monoisotopic (exact) mass is 276 g/mol. The van der Waals surface area contributed by atoms with Gasteiger partial charge in [-0.05, 0) is 24.6 Å². The van der Waals surface area contributed by atoms with E-state index in [1.807, 2.05) is 20.8 Å². The molecule has 20 heavy (non-hydrogen) atoms. The van der Waals surface area contributed by atoms with Gasteiger partial charge >= 0.3 is 0 Å². The smallest absolute Gasteiger partial charge is 0.295 e. The van der Waals surface area contributed by atoms with E-state index in [4.69, 9.17) is 0 Å². The van der Waals surface area contributed by atoms with Gasteiger partial charge in [0.15, 0.2) is 0 Å². The van der Waals surface area contributed by atoms with Gasteiger partial charge in [-0.15, -0.1) is 5.10 Å². The third-order valence-electron chi connectivity index (χ3n) is 2.85. The molecule has 6 heteroatoms. The van der Waals surface area contributed by atoms with Gasteiger partial charge < -0.3 is 5.32 Å². The van der Waals surface area contributed by atoms with Gasteiger partial charge in [0.25, 0.3) is 5.91 Å². The van der Waals surface area contributed by atoms with Crippen LogP contribution in [0, 0.1) is 12.7 Å². The van der Waals surface area contributed by atoms with E-state index >= 15 is 0 Å². The van der Waals surface area contributed by atoms with Gasteiger partial charge in [0.1, 0.15) is 11.6 Å². The summed E-state index contributed by atoms with van der Waals surface area (Å²) in [5, 5.41) is 9.24. The first kappa shape index (κ1) is 14.2. The molecule has 2 N–H and O–H groups in total. The quantitative estimate of drug-likeness (QED) is 0.886. The Morgan fingerprint density at radius 2 is 2.05 bits per heavy atom. The summed E-state index contributed by atoms with van der Waals surface area (Å²) in [7, 11) is 0. The third-order valence-corrected chi connectivity index (χ3v) is 2.85. The zero-order valence-corrected chi connectivity index (χ0v) is 11.9. The highest BCUT2D eigenvalue weighted by Gasteiger charge is 2.21. The lowest BCUT2D eigenvalue weighted by atomic mass is 9.96. The van der Waals surface area contributed by atoms with Crippen molar-refractivity contribution in [2.45, 2.75) is 33.1 Å². The molecule has 0 aliphatic heterocycles. The summed E-state index contributed by atoms with van der Waals surface area (Å²) in [4.78, 5) is 16.2. The van der Waals surface area contributed by atoms with Crippen LogP contribution in [-0.2, 0) is 5.41 Å². The number of carbonyl (C=O) groups excluding carboxylic acids is 1. The Balaban J connectivity index is 2.20. The molecule has 0 fully saturated rings. The zero-order valence-electron chi connectivity index (χ0n) is 11.9. The van der Waals surface area contributed by atoms with Crippen LogP contribution in [0.5, 0.6) is 0 Å². The van der Waals surface area contributed by atoms with E-state index in [1.54, 1.807) is 13.0 Å². The molecule has 1 amide bonds. The predicted octanol–water partition coefficient (Wildman–Crippen LogP) is 2.80. The molecular weight excluding hydrogens is 259 g/mol. The number of halogens is 1. The van der Waals surface area contributed by atoms with Crippen molar-refractivity contribution in [3.05, 3.63) is 41.2 Å². The van der Waals surface area contributed by atoms with Crippen LogP contribution in [0.1, 0.15) is 42.8 Å². The highest BCUT2D eigenvalue weighted by Crippen LogP contribution is 2.19. The Labute approximate surface area is 116 Å². The minimum absolute atomic E-state index is 0.0404. The molecule has 2 rings (SSSR count). The van der Waals surface area contributed by atoms with Gasteiger partial charge in [0.05, 0.1) is 0 Å². The van der Waals surface area contributed by atoms with Gasteiger partial charge in [-0.3, -0.25) is 9.89 Å². The molecule has 0 atom stereocenters. The number of rotatable bonds is 2. The summed E-state index contributed by atoms with van der Waals surface area (Å²) in [6, 6.07) is 4.21. The maximum atomic E-state index is 13.2. The van der Waals surface area contributed by atoms with E-state index in [9.17, 15) is 9.18 Å². The van der Waals surface area contributed by atoms with E-state index < -0.39 is 11.7 Å². The molecule has 0 radical (unpaired) electrons. The van der Waals surface area contributed by atoms with Crippen LogP contribution in [0.2, 0.25) is 0 Å². The van der Waals surface area contributed by atoms with Crippen LogP contribution >= 0.6 is 0 Å².